The summed E-state index contributed by atoms with van der Waals surface area (Å²) in [7, 11) is 0. The van der Waals surface area contributed by atoms with Gasteiger partial charge in [-0.3, -0.25) is 9.78 Å². The van der Waals surface area contributed by atoms with Crippen molar-refractivity contribution in [3.05, 3.63) is 112 Å². The van der Waals surface area contributed by atoms with Gasteiger partial charge in [-0.2, -0.15) is 0 Å². The first-order chi connectivity index (χ1) is 15.2. The molecule has 0 saturated heterocycles. The fraction of sp³-hybridized carbons (Fsp3) is 0.160. The maximum atomic E-state index is 12.3. The fourth-order valence-electron chi connectivity index (χ4n) is 3.06. The van der Waals surface area contributed by atoms with Crippen molar-refractivity contribution in [2.24, 2.45) is 0 Å². The molecule has 5 nitrogen and oxygen atoms in total. The molecule has 0 aliphatic carbocycles. The highest BCUT2D eigenvalue weighted by molar-refractivity contribution is 7.09. The van der Waals surface area contributed by atoms with Crippen molar-refractivity contribution in [2.45, 2.75) is 26.0 Å². The predicted octanol–water partition coefficient (Wildman–Crippen LogP) is 4.57. The highest BCUT2D eigenvalue weighted by atomic mass is 32.1. The van der Waals surface area contributed by atoms with Crippen molar-refractivity contribution in [3.8, 4) is 5.75 Å². The molecule has 0 aliphatic rings. The Morgan fingerprint density at radius 2 is 1.74 bits per heavy atom. The maximum absolute atomic E-state index is 12.3. The van der Waals surface area contributed by atoms with E-state index in [-0.39, 0.29) is 12.3 Å². The molecule has 0 bridgehead atoms. The Morgan fingerprint density at radius 3 is 2.52 bits per heavy atom. The van der Waals surface area contributed by atoms with E-state index >= 15 is 0 Å². The smallest absolute Gasteiger partial charge is 0.226 e. The van der Waals surface area contributed by atoms with Gasteiger partial charge in [0.05, 0.1) is 17.1 Å². The highest BCUT2D eigenvalue weighted by Gasteiger charge is 2.08. The zero-order chi connectivity index (χ0) is 21.3. The van der Waals surface area contributed by atoms with Crippen LogP contribution >= 0.6 is 11.3 Å². The molecule has 4 aromatic rings. The molecule has 0 unspecified atom stereocenters. The number of nitrogens with one attached hydrogen (secondary N) is 1. The molecule has 1 N–H and O–H groups in total. The zero-order valence-electron chi connectivity index (χ0n) is 17.0. The molecular formula is C25H23N3O2S. The van der Waals surface area contributed by atoms with Gasteiger partial charge in [0.2, 0.25) is 5.91 Å². The Labute approximate surface area is 185 Å². The molecule has 6 heteroatoms. The van der Waals surface area contributed by atoms with E-state index in [1.165, 1.54) is 5.56 Å². The summed E-state index contributed by atoms with van der Waals surface area (Å²) in [6.45, 7) is 0.951. The quantitative estimate of drug-likeness (QED) is 0.423. The van der Waals surface area contributed by atoms with Gasteiger partial charge in [-0.05, 0) is 29.3 Å². The molecule has 1 amide bonds. The van der Waals surface area contributed by atoms with Gasteiger partial charge in [0.25, 0.3) is 0 Å². The Kier molecular flexibility index (Phi) is 7.03. The van der Waals surface area contributed by atoms with E-state index in [2.05, 4.69) is 27.4 Å². The van der Waals surface area contributed by atoms with Gasteiger partial charge >= 0.3 is 0 Å². The van der Waals surface area contributed by atoms with Crippen molar-refractivity contribution in [1.82, 2.24) is 15.3 Å². The number of rotatable bonds is 9. The van der Waals surface area contributed by atoms with E-state index in [0.29, 0.717) is 13.2 Å². The van der Waals surface area contributed by atoms with E-state index in [4.69, 9.17) is 4.74 Å². The van der Waals surface area contributed by atoms with E-state index in [1.54, 1.807) is 23.7 Å². The molecule has 156 valence electrons. The summed E-state index contributed by atoms with van der Waals surface area (Å²) in [5, 5.41) is 5.95. The van der Waals surface area contributed by atoms with Crippen molar-refractivity contribution in [3.63, 3.8) is 0 Å². The number of carbonyl (C=O) groups is 1. The minimum Gasteiger partial charge on any atom is -0.489 e. The van der Waals surface area contributed by atoms with Crippen LogP contribution in [0.5, 0.6) is 5.75 Å². The molecular weight excluding hydrogens is 406 g/mol. The summed E-state index contributed by atoms with van der Waals surface area (Å²) in [6, 6.07) is 21.8. The van der Waals surface area contributed by atoms with Gasteiger partial charge in [-0.1, -0.05) is 48.5 Å². The third-order valence-electron chi connectivity index (χ3n) is 4.68. The summed E-state index contributed by atoms with van der Waals surface area (Å²) in [4.78, 5) is 21.0. The second-order valence-corrected chi connectivity index (χ2v) is 8.09. The number of hydrogen-bond acceptors (Lipinski definition) is 5. The van der Waals surface area contributed by atoms with Crippen LogP contribution in [0.1, 0.15) is 27.4 Å². The Morgan fingerprint density at radius 1 is 0.935 bits per heavy atom. The third-order valence-corrected chi connectivity index (χ3v) is 5.58. The van der Waals surface area contributed by atoms with Crippen LogP contribution in [0.4, 0.5) is 0 Å². The normalized spacial score (nSPS) is 10.6. The van der Waals surface area contributed by atoms with Crippen LogP contribution in [0.15, 0.2) is 84.5 Å². The van der Waals surface area contributed by atoms with Gasteiger partial charge < -0.3 is 10.1 Å². The molecule has 0 aliphatic heterocycles. The first-order valence-electron chi connectivity index (χ1n) is 10.1. The minimum atomic E-state index is -0.0338. The molecule has 0 spiro atoms. The van der Waals surface area contributed by atoms with Crippen LogP contribution in [0.3, 0.4) is 0 Å². The second kappa shape index (κ2) is 10.5. The molecule has 2 heterocycles. The van der Waals surface area contributed by atoms with E-state index in [9.17, 15) is 4.79 Å². The number of carbonyl (C=O) groups excluding carboxylic acids is 1. The highest BCUT2D eigenvalue weighted by Crippen LogP contribution is 2.16. The summed E-state index contributed by atoms with van der Waals surface area (Å²) < 4.78 is 5.76. The lowest BCUT2D eigenvalue weighted by molar-refractivity contribution is -0.120. The monoisotopic (exact) mass is 429 g/mol. The van der Waals surface area contributed by atoms with Crippen LogP contribution in [0.2, 0.25) is 0 Å². The third kappa shape index (κ3) is 6.49. The van der Waals surface area contributed by atoms with Gasteiger partial charge in [0, 0.05) is 36.3 Å². The zero-order valence-corrected chi connectivity index (χ0v) is 17.8. The van der Waals surface area contributed by atoms with E-state index in [0.717, 1.165) is 34.0 Å². The number of hydrogen-bond donors (Lipinski definition) is 1. The predicted molar refractivity (Wildman–Crippen MR) is 122 cm³/mol. The number of benzene rings is 2. The topological polar surface area (TPSA) is 64.1 Å². The van der Waals surface area contributed by atoms with Gasteiger partial charge in [-0.15, -0.1) is 11.3 Å². The van der Waals surface area contributed by atoms with Crippen LogP contribution in [-0.2, 0) is 30.8 Å². The van der Waals surface area contributed by atoms with Crippen LogP contribution < -0.4 is 10.1 Å². The van der Waals surface area contributed by atoms with Crippen LogP contribution in [-0.4, -0.2) is 15.9 Å². The lowest BCUT2D eigenvalue weighted by Gasteiger charge is -2.08. The molecule has 0 saturated carbocycles. The van der Waals surface area contributed by atoms with Crippen molar-refractivity contribution in [1.29, 1.82) is 0 Å². The summed E-state index contributed by atoms with van der Waals surface area (Å²) in [5.74, 6) is 0.751. The average Bonchev–Trinajstić information content (AvgIpc) is 3.25. The SMILES string of the molecule is O=C(Cc1csc(Cc2ccccc2)n1)NCc1ccc(OCc2cccnc2)cc1. The fourth-order valence-corrected chi connectivity index (χ4v) is 3.89. The first-order valence-corrected chi connectivity index (χ1v) is 11.0. The average molecular weight is 430 g/mol. The van der Waals surface area contributed by atoms with Crippen molar-refractivity contribution in [2.75, 3.05) is 0 Å². The minimum absolute atomic E-state index is 0.0338. The Hall–Kier alpha value is -3.51. The lowest BCUT2D eigenvalue weighted by atomic mass is 10.2. The lowest BCUT2D eigenvalue weighted by Crippen LogP contribution is -2.24. The largest absolute Gasteiger partial charge is 0.489 e. The van der Waals surface area contributed by atoms with Crippen molar-refractivity contribution < 1.29 is 9.53 Å². The number of ether oxygens (including phenoxy) is 1. The number of aromatic nitrogens is 2. The standard InChI is InChI=1S/C25H23N3O2S/c29-24(14-22-18-31-25(28-22)13-19-5-2-1-3-6-19)27-16-20-8-10-23(11-9-20)30-17-21-7-4-12-26-15-21/h1-12,15,18H,13-14,16-17H2,(H,27,29). The molecule has 2 aromatic heterocycles. The van der Waals surface area contributed by atoms with Gasteiger partial charge in [-0.25, -0.2) is 4.98 Å². The molecule has 4 rings (SSSR count). The number of nitrogens with zero attached hydrogens (tertiary/aromatic N) is 2. The maximum Gasteiger partial charge on any atom is 0.226 e. The number of pyridine rings is 1. The molecule has 0 fully saturated rings. The summed E-state index contributed by atoms with van der Waals surface area (Å²) >= 11 is 1.60. The van der Waals surface area contributed by atoms with Crippen LogP contribution in [0, 0.1) is 0 Å². The Balaban J connectivity index is 1.21. The number of amides is 1. The van der Waals surface area contributed by atoms with Crippen molar-refractivity contribution >= 4 is 17.2 Å². The van der Waals surface area contributed by atoms with Gasteiger partial charge in [0.1, 0.15) is 12.4 Å². The van der Waals surface area contributed by atoms with Crippen LogP contribution in [0.25, 0.3) is 0 Å². The first kappa shape index (κ1) is 20.8. The van der Waals surface area contributed by atoms with Gasteiger partial charge in [0.15, 0.2) is 0 Å². The summed E-state index contributed by atoms with van der Waals surface area (Å²) in [5.41, 5.74) is 4.08. The molecule has 2 aromatic carbocycles. The van der Waals surface area contributed by atoms with E-state index in [1.807, 2.05) is 60.0 Å². The summed E-state index contributed by atoms with van der Waals surface area (Å²) in [6.07, 6.45) is 4.61. The number of thiazole rings is 1. The molecule has 31 heavy (non-hydrogen) atoms. The Bertz CT molecular complexity index is 1100. The second-order valence-electron chi connectivity index (χ2n) is 7.14. The van der Waals surface area contributed by atoms with E-state index < -0.39 is 0 Å². The molecule has 0 radical (unpaired) electrons. The molecule has 0 atom stereocenters.